The molecule has 1 aromatic rings. The van der Waals surface area contributed by atoms with Gasteiger partial charge in [-0.05, 0) is 84.0 Å². The molecule has 5 heteroatoms. The largest absolute Gasteiger partial charge is 0.382 e. The molecule has 3 rings (SSSR count). The Bertz CT molecular complexity index is 626. The van der Waals surface area contributed by atoms with E-state index in [1.54, 1.807) is 6.20 Å². The van der Waals surface area contributed by atoms with Crippen LogP contribution in [0.1, 0.15) is 63.4 Å². The quantitative estimate of drug-likeness (QED) is 0.498. The van der Waals surface area contributed by atoms with E-state index in [2.05, 4.69) is 23.7 Å². The number of Topliss-reactive ketones (excluding diaryl/α,β-unsaturated/α-hetero) is 1. The van der Waals surface area contributed by atoms with Crippen LogP contribution >= 0.6 is 0 Å². The van der Waals surface area contributed by atoms with Gasteiger partial charge in [-0.15, -0.1) is 0 Å². The number of hydrogen-bond acceptors (Lipinski definition) is 5. The molecule has 1 aromatic heterocycles. The van der Waals surface area contributed by atoms with E-state index in [9.17, 15) is 4.79 Å². The minimum absolute atomic E-state index is 0.222. The van der Waals surface area contributed by atoms with Crippen molar-refractivity contribution in [1.29, 1.82) is 0 Å². The third-order valence-corrected chi connectivity index (χ3v) is 6.47. The van der Waals surface area contributed by atoms with Gasteiger partial charge in [0, 0.05) is 38.0 Å². The van der Waals surface area contributed by atoms with Gasteiger partial charge in [-0.1, -0.05) is 6.07 Å². The number of likely N-dealkylation sites (tertiary alicyclic amines) is 1. The van der Waals surface area contributed by atoms with Gasteiger partial charge in [-0.25, -0.2) is 0 Å². The molecule has 0 saturated carbocycles. The Morgan fingerprint density at radius 3 is 2.75 bits per heavy atom. The van der Waals surface area contributed by atoms with Gasteiger partial charge >= 0.3 is 0 Å². The second-order valence-electron chi connectivity index (χ2n) is 8.90. The molecule has 2 saturated heterocycles. The minimum Gasteiger partial charge on any atom is -0.382 e. The van der Waals surface area contributed by atoms with Crippen molar-refractivity contribution < 1.29 is 14.3 Å². The van der Waals surface area contributed by atoms with Crippen LogP contribution in [0.3, 0.4) is 0 Å². The smallest absolute Gasteiger partial charge is 0.187 e. The van der Waals surface area contributed by atoms with Crippen molar-refractivity contribution in [3.8, 4) is 0 Å². The fraction of sp³-hybridized carbons (Fsp3) is 0.739. The molecule has 0 amide bonds. The second-order valence-corrected chi connectivity index (χ2v) is 8.90. The third kappa shape index (κ3) is 5.00. The monoisotopic (exact) mass is 388 g/mol. The molecule has 3 heterocycles. The number of rotatable bonds is 8. The van der Waals surface area contributed by atoms with E-state index in [0.717, 1.165) is 65.0 Å². The normalized spacial score (nSPS) is 26.2. The number of carbonyl (C=O) groups is 1. The lowest BCUT2D eigenvalue weighted by atomic mass is 9.60. The molecular weight excluding hydrogens is 352 g/mol. The van der Waals surface area contributed by atoms with E-state index in [-0.39, 0.29) is 16.8 Å². The highest BCUT2D eigenvalue weighted by atomic mass is 16.5. The van der Waals surface area contributed by atoms with Crippen molar-refractivity contribution in [2.75, 3.05) is 39.5 Å². The number of piperidine rings is 1. The summed E-state index contributed by atoms with van der Waals surface area (Å²) in [7, 11) is 0. The van der Waals surface area contributed by atoms with Crippen LogP contribution in [-0.4, -0.2) is 60.7 Å². The van der Waals surface area contributed by atoms with Crippen LogP contribution < -0.4 is 0 Å². The van der Waals surface area contributed by atoms with E-state index in [0.29, 0.717) is 18.2 Å². The van der Waals surface area contributed by atoms with Crippen molar-refractivity contribution in [3.63, 3.8) is 0 Å². The van der Waals surface area contributed by atoms with E-state index in [4.69, 9.17) is 9.47 Å². The van der Waals surface area contributed by atoms with Gasteiger partial charge in [0.05, 0.1) is 5.60 Å². The maximum absolute atomic E-state index is 13.7. The van der Waals surface area contributed by atoms with Gasteiger partial charge in [-0.3, -0.25) is 9.78 Å². The number of ether oxygens (including phenoxy) is 2. The lowest BCUT2D eigenvalue weighted by Crippen LogP contribution is -2.52. The highest BCUT2D eigenvalue weighted by Gasteiger charge is 2.52. The predicted molar refractivity (Wildman–Crippen MR) is 111 cm³/mol. The Morgan fingerprint density at radius 1 is 1.32 bits per heavy atom. The average molecular weight is 389 g/mol. The zero-order chi connectivity index (χ0) is 20.0. The summed E-state index contributed by atoms with van der Waals surface area (Å²) in [6, 6.07) is 5.66. The van der Waals surface area contributed by atoms with Crippen LogP contribution in [-0.2, 0) is 9.47 Å². The predicted octanol–water partition coefficient (Wildman–Crippen LogP) is 3.98. The summed E-state index contributed by atoms with van der Waals surface area (Å²) in [5, 5.41) is 0. The highest BCUT2D eigenvalue weighted by molar-refractivity contribution is 5.99. The Morgan fingerprint density at radius 2 is 2.11 bits per heavy atom. The molecule has 0 spiro atoms. The average Bonchev–Trinajstić information content (AvgIpc) is 2.71. The van der Waals surface area contributed by atoms with Gasteiger partial charge in [0.2, 0.25) is 0 Å². The summed E-state index contributed by atoms with van der Waals surface area (Å²) in [5.74, 6) is 0.618. The van der Waals surface area contributed by atoms with Crippen molar-refractivity contribution in [1.82, 2.24) is 9.88 Å². The van der Waals surface area contributed by atoms with Crippen LogP contribution in [0.25, 0.3) is 0 Å². The molecule has 2 aliphatic rings. The van der Waals surface area contributed by atoms with Crippen LogP contribution in [0, 0.1) is 11.3 Å². The van der Waals surface area contributed by atoms with E-state index >= 15 is 0 Å². The SMILES string of the molecule is CCOCCCN1CCC(C2(C(=O)c3ccccn3)CCOC(C)(C)C2)CC1. The molecule has 0 aliphatic carbocycles. The Kier molecular flexibility index (Phi) is 7.24. The molecular formula is C23H36N2O3. The van der Waals surface area contributed by atoms with E-state index < -0.39 is 0 Å². The van der Waals surface area contributed by atoms with Crippen molar-refractivity contribution in [3.05, 3.63) is 30.1 Å². The zero-order valence-electron chi connectivity index (χ0n) is 17.8. The standard InChI is InChI=1S/C23H36N2O3/c1-4-27-16-7-13-25-14-9-19(10-15-25)23(11-17-28-22(2,3)18-23)21(26)20-8-5-6-12-24-20/h5-6,8,12,19H,4,7,9-11,13-18H2,1-3H3. The van der Waals surface area contributed by atoms with Crippen LogP contribution in [0.5, 0.6) is 0 Å². The molecule has 28 heavy (non-hydrogen) atoms. The molecule has 2 aliphatic heterocycles. The third-order valence-electron chi connectivity index (χ3n) is 6.47. The van der Waals surface area contributed by atoms with Gasteiger partial charge in [0.25, 0.3) is 0 Å². The Hall–Kier alpha value is -1.30. The number of hydrogen-bond donors (Lipinski definition) is 0. The molecule has 0 bridgehead atoms. The van der Waals surface area contributed by atoms with E-state index in [1.165, 1.54) is 0 Å². The topological polar surface area (TPSA) is 51.7 Å². The first kappa shape index (κ1) is 21.4. The maximum atomic E-state index is 13.7. The second kappa shape index (κ2) is 9.47. The number of ketones is 1. The molecule has 2 fully saturated rings. The molecule has 0 radical (unpaired) electrons. The van der Waals surface area contributed by atoms with E-state index in [1.807, 2.05) is 25.1 Å². The summed E-state index contributed by atoms with van der Waals surface area (Å²) in [6.07, 6.45) is 6.54. The molecule has 0 N–H and O–H groups in total. The minimum atomic E-state index is -0.354. The summed E-state index contributed by atoms with van der Waals surface area (Å²) < 4.78 is 11.5. The number of nitrogens with zero attached hydrogens (tertiary/aromatic N) is 2. The van der Waals surface area contributed by atoms with Crippen molar-refractivity contribution in [2.45, 2.75) is 58.5 Å². The van der Waals surface area contributed by atoms with Gasteiger partial charge in [-0.2, -0.15) is 0 Å². The molecule has 5 nitrogen and oxygen atoms in total. The lowest BCUT2D eigenvalue weighted by Gasteiger charge is -2.50. The first-order chi connectivity index (χ1) is 13.5. The Labute approximate surface area is 169 Å². The lowest BCUT2D eigenvalue weighted by molar-refractivity contribution is -0.113. The molecule has 1 atom stereocenters. The van der Waals surface area contributed by atoms with Gasteiger partial charge in [0.1, 0.15) is 5.69 Å². The summed E-state index contributed by atoms with van der Waals surface area (Å²) >= 11 is 0. The van der Waals surface area contributed by atoms with Gasteiger partial charge < -0.3 is 14.4 Å². The summed E-state index contributed by atoms with van der Waals surface area (Å²) in [5.41, 5.74) is -0.00970. The molecule has 1 unspecified atom stereocenters. The zero-order valence-corrected chi connectivity index (χ0v) is 17.8. The van der Waals surface area contributed by atoms with Gasteiger partial charge in [0.15, 0.2) is 5.78 Å². The molecule has 0 aromatic carbocycles. The summed E-state index contributed by atoms with van der Waals surface area (Å²) in [6.45, 7) is 11.8. The van der Waals surface area contributed by atoms with Crippen LogP contribution in [0.4, 0.5) is 0 Å². The van der Waals surface area contributed by atoms with Crippen molar-refractivity contribution >= 4 is 5.78 Å². The summed E-state index contributed by atoms with van der Waals surface area (Å²) in [4.78, 5) is 20.6. The van der Waals surface area contributed by atoms with Crippen LogP contribution in [0.15, 0.2) is 24.4 Å². The number of carbonyl (C=O) groups excluding carboxylic acids is 1. The highest BCUT2D eigenvalue weighted by Crippen LogP contribution is 2.49. The Balaban J connectivity index is 1.71. The number of aromatic nitrogens is 1. The first-order valence-electron chi connectivity index (χ1n) is 10.9. The number of pyridine rings is 1. The van der Waals surface area contributed by atoms with Crippen LogP contribution in [0.2, 0.25) is 0 Å². The first-order valence-corrected chi connectivity index (χ1v) is 10.9. The fourth-order valence-electron chi connectivity index (χ4n) is 5.13. The molecule has 156 valence electrons. The fourth-order valence-corrected chi connectivity index (χ4v) is 5.13. The maximum Gasteiger partial charge on any atom is 0.187 e. The van der Waals surface area contributed by atoms with Crippen molar-refractivity contribution in [2.24, 2.45) is 11.3 Å².